The van der Waals surface area contributed by atoms with E-state index in [0.717, 1.165) is 54.4 Å². The number of rotatable bonds is 15. The molecule has 0 saturated heterocycles. The SMILES string of the molecule is CCN(CCCCOc1ccc(Cl)cc1C1Sc2ccccc2N1C(C)=O)CCOc1ccc(OC)c(OC)c1OC. The fourth-order valence-electron chi connectivity index (χ4n) is 4.96. The van der Waals surface area contributed by atoms with Gasteiger partial charge >= 0.3 is 0 Å². The molecule has 3 aromatic rings. The highest BCUT2D eigenvalue weighted by Crippen LogP contribution is 2.53. The molecule has 3 aromatic carbocycles. The quantitative estimate of drug-likeness (QED) is 0.168. The molecule has 8 nitrogen and oxygen atoms in total. The third-order valence-electron chi connectivity index (χ3n) is 7.08. The molecule has 226 valence electrons. The Hall–Kier alpha value is -3.27. The Morgan fingerprint density at radius 2 is 1.57 bits per heavy atom. The van der Waals surface area contributed by atoms with Gasteiger partial charge in [-0.2, -0.15) is 0 Å². The first-order chi connectivity index (χ1) is 20.4. The molecule has 42 heavy (non-hydrogen) atoms. The third-order valence-corrected chi connectivity index (χ3v) is 8.60. The molecular weight excluding hydrogens is 576 g/mol. The highest BCUT2D eigenvalue weighted by molar-refractivity contribution is 8.00. The van der Waals surface area contributed by atoms with Crippen LogP contribution in [0.2, 0.25) is 5.02 Å². The molecule has 1 amide bonds. The summed E-state index contributed by atoms with van der Waals surface area (Å²) in [5.74, 6) is 2.97. The van der Waals surface area contributed by atoms with Crippen molar-refractivity contribution >= 4 is 35.0 Å². The average Bonchev–Trinajstić information content (AvgIpc) is 3.40. The van der Waals surface area contributed by atoms with Crippen LogP contribution in [-0.2, 0) is 4.79 Å². The van der Waals surface area contributed by atoms with Crippen molar-refractivity contribution in [2.75, 3.05) is 59.1 Å². The standard InChI is InChI=1S/C32H39ClN2O6S/c1-6-34(18-20-41-28-16-15-27(37-3)30(38-4)31(28)39-5)17-9-10-19-40-26-14-13-23(33)21-24(26)32-35(22(2)36)25-11-7-8-12-29(25)42-32/h7-8,11-16,21,32H,6,9-10,17-20H2,1-5H3. The Morgan fingerprint density at radius 1 is 0.881 bits per heavy atom. The van der Waals surface area contributed by atoms with Crippen molar-refractivity contribution in [3.63, 3.8) is 0 Å². The van der Waals surface area contributed by atoms with E-state index in [1.54, 1.807) is 40.0 Å². The van der Waals surface area contributed by atoms with Crippen LogP contribution in [-0.4, -0.2) is 65.0 Å². The highest BCUT2D eigenvalue weighted by Gasteiger charge is 2.35. The fourth-order valence-corrected chi connectivity index (χ4v) is 6.50. The van der Waals surface area contributed by atoms with E-state index >= 15 is 0 Å². The molecule has 0 N–H and O–H groups in total. The first-order valence-electron chi connectivity index (χ1n) is 14.0. The molecule has 1 aliphatic heterocycles. The molecule has 0 bridgehead atoms. The van der Waals surface area contributed by atoms with Gasteiger partial charge in [0.2, 0.25) is 17.4 Å². The first kappa shape index (κ1) is 31.7. The van der Waals surface area contributed by atoms with E-state index in [-0.39, 0.29) is 11.3 Å². The number of carbonyl (C=O) groups excluding carboxylic acids is 1. The van der Waals surface area contributed by atoms with Gasteiger partial charge < -0.3 is 28.6 Å². The van der Waals surface area contributed by atoms with E-state index in [1.807, 2.05) is 59.5 Å². The van der Waals surface area contributed by atoms with Crippen molar-refractivity contribution in [3.05, 3.63) is 65.2 Å². The van der Waals surface area contributed by atoms with Crippen LogP contribution in [0.25, 0.3) is 0 Å². The van der Waals surface area contributed by atoms with Gasteiger partial charge in [-0.1, -0.05) is 42.4 Å². The first-order valence-corrected chi connectivity index (χ1v) is 15.3. The van der Waals surface area contributed by atoms with E-state index in [1.165, 1.54) is 0 Å². The molecule has 10 heteroatoms. The summed E-state index contributed by atoms with van der Waals surface area (Å²) in [6.45, 7) is 7.42. The van der Waals surface area contributed by atoms with E-state index in [0.29, 0.717) is 41.2 Å². The van der Waals surface area contributed by atoms with Gasteiger partial charge in [0, 0.05) is 29.0 Å². The minimum atomic E-state index is -0.228. The largest absolute Gasteiger partial charge is 0.493 e. The van der Waals surface area contributed by atoms with Gasteiger partial charge in [0.1, 0.15) is 17.7 Å². The minimum absolute atomic E-state index is 0.0171. The van der Waals surface area contributed by atoms with Crippen LogP contribution in [0, 0.1) is 0 Å². The Bertz CT molecular complexity index is 1360. The number of thioether (sulfide) groups is 1. The van der Waals surface area contributed by atoms with Gasteiger partial charge in [-0.3, -0.25) is 9.69 Å². The van der Waals surface area contributed by atoms with Crippen LogP contribution in [0.4, 0.5) is 5.69 Å². The molecule has 0 saturated carbocycles. The molecular formula is C32H39ClN2O6S. The molecule has 0 radical (unpaired) electrons. The number of likely N-dealkylation sites (N-methyl/N-ethyl adjacent to an activating group) is 1. The Kier molecular flexibility index (Phi) is 11.5. The lowest BCUT2D eigenvalue weighted by molar-refractivity contribution is -0.116. The van der Waals surface area contributed by atoms with Crippen molar-refractivity contribution in [1.82, 2.24) is 4.90 Å². The van der Waals surface area contributed by atoms with Crippen LogP contribution in [0.5, 0.6) is 28.7 Å². The molecule has 1 unspecified atom stereocenters. The van der Waals surface area contributed by atoms with E-state index in [9.17, 15) is 4.79 Å². The smallest absolute Gasteiger partial charge is 0.225 e. The van der Waals surface area contributed by atoms with Crippen LogP contribution >= 0.6 is 23.4 Å². The summed E-state index contributed by atoms with van der Waals surface area (Å²) in [4.78, 5) is 17.9. The number of anilines is 1. The lowest BCUT2D eigenvalue weighted by Gasteiger charge is -2.25. The maximum absolute atomic E-state index is 12.6. The Balaban J connectivity index is 1.28. The van der Waals surface area contributed by atoms with Crippen LogP contribution in [0.15, 0.2) is 59.5 Å². The highest BCUT2D eigenvalue weighted by atomic mass is 35.5. The van der Waals surface area contributed by atoms with Gasteiger partial charge in [0.25, 0.3) is 0 Å². The number of unbranched alkanes of at least 4 members (excludes halogenated alkanes) is 1. The van der Waals surface area contributed by atoms with Crippen molar-refractivity contribution in [2.24, 2.45) is 0 Å². The van der Waals surface area contributed by atoms with E-state index in [4.69, 9.17) is 35.3 Å². The van der Waals surface area contributed by atoms with Crippen molar-refractivity contribution in [1.29, 1.82) is 0 Å². The average molecular weight is 615 g/mol. The second kappa shape index (κ2) is 15.3. The Morgan fingerprint density at radius 3 is 2.29 bits per heavy atom. The summed E-state index contributed by atoms with van der Waals surface area (Å²) in [5.41, 5.74) is 1.82. The topological polar surface area (TPSA) is 69.7 Å². The molecule has 1 heterocycles. The summed E-state index contributed by atoms with van der Waals surface area (Å²) in [5, 5.41) is 0.386. The Labute approximate surface area is 257 Å². The monoisotopic (exact) mass is 614 g/mol. The molecule has 4 rings (SSSR count). The van der Waals surface area contributed by atoms with Crippen LogP contribution < -0.4 is 28.6 Å². The number of para-hydroxylation sites is 1. The molecule has 0 spiro atoms. The van der Waals surface area contributed by atoms with Crippen LogP contribution in [0.3, 0.4) is 0 Å². The van der Waals surface area contributed by atoms with Gasteiger partial charge in [0.05, 0.1) is 33.6 Å². The van der Waals surface area contributed by atoms with Gasteiger partial charge in [-0.25, -0.2) is 0 Å². The van der Waals surface area contributed by atoms with Crippen LogP contribution in [0.1, 0.15) is 37.6 Å². The number of halogens is 1. The third kappa shape index (κ3) is 7.38. The zero-order valence-corrected chi connectivity index (χ0v) is 26.4. The minimum Gasteiger partial charge on any atom is -0.493 e. The zero-order chi connectivity index (χ0) is 30.1. The molecule has 1 atom stereocenters. The molecule has 0 aromatic heterocycles. The number of nitrogens with zero attached hydrogens (tertiary/aromatic N) is 2. The zero-order valence-electron chi connectivity index (χ0n) is 24.9. The van der Waals surface area contributed by atoms with Crippen molar-refractivity contribution in [2.45, 2.75) is 37.0 Å². The summed E-state index contributed by atoms with van der Waals surface area (Å²) in [6, 6.07) is 17.2. The second-order valence-corrected chi connectivity index (χ2v) is 11.2. The number of fused-ring (bicyclic) bond motifs is 1. The molecule has 0 fully saturated rings. The van der Waals surface area contributed by atoms with Gasteiger partial charge in [0.15, 0.2) is 11.5 Å². The number of benzene rings is 3. The molecule has 0 aliphatic carbocycles. The van der Waals surface area contributed by atoms with Gasteiger partial charge in [-0.05, 0) is 68.4 Å². The molecule has 1 aliphatic rings. The number of amides is 1. The summed E-state index contributed by atoms with van der Waals surface area (Å²) >= 11 is 8.03. The number of hydrogen-bond acceptors (Lipinski definition) is 8. The lowest BCUT2D eigenvalue weighted by Crippen LogP contribution is -2.29. The van der Waals surface area contributed by atoms with E-state index < -0.39 is 0 Å². The second-order valence-electron chi connectivity index (χ2n) is 9.68. The summed E-state index contributed by atoms with van der Waals surface area (Å²) in [6.07, 6.45) is 1.86. The number of hydrogen-bond donors (Lipinski definition) is 0. The summed E-state index contributed by atoms with van der Waals surface area (Å²) in [7, 11) is 4.75. The maximum Gasteiger partial charge on any atom is 0.225 e. The number of methoxy groups -OCH3 is 3. The normalized spacial score (nSPS) is 14.1. The lowest BCUT2D eigenvalue weighted by atomic mass is 10.1. The predicted molar refractivity (Wildman–Crippen MR) is 168 cm³/mol. The van der Waals surface area contributed by atoms with Crippen molar-refractivity contribution < 1.29 is 28.5 Å². The summed E-state index contributed by atoms with van der Waals surface area (Å²) < 4.78 is 28.6. The number of ether oxygens (including phenoxy) is 5. The maximum atomic E-state index is 12.6. The fraction of sp³-hybridized carbons (Fsp3) is 0.406. The van der Waals surface area contributed by atoms with Gasteiger partial charge in [-0.15, -0.1) is 0 Å². The number of carbonyl (C=O) groups is 1. The van der Waals surface area contributed by atoms with Crippen molar-refractivity contribution in [3.8, 4) is 28.7 Å². The predicted octanol–water partition coefficient (Wildman–Crippen LogP) is 7.08. The van der Waals surface area contributed by atoms with E-state index in [2.05, 4.69) is 11.8 Å².